The predicted octanol–water partition coefficient (Wildman–Crippen LogP) is 2.51. The molecule has 0 bridgehead atoms. The highest BCUT2D eigenvalue weighted by Crippen LogP contribution is 2.12. The summed E-state index contributed by atoms with van der Waals surface area (Å²) in [6.45, 7) is 0. The van der Waals surface area contributed by atoms with Gasteiger partial charge in [-0.15, -0.1) is 0 Å². The number of esters is 1. The van der Waals surface area contributed by atoms with Crippen molar-refractivity contribution in [2.75, 3.05) is 17.7 Å². The molecule has 2 aromatic rings. The Labute approximate surface area is 115 Å². The summed E-state index contributed by atoms with van der Waals surface area (Å²) in [5, 5.41) is 5.25. The lowest BCUT2D eigenvalue weighted by atomic mass is 10.2. The van der Waals surface area contributed by atoms with Crippen LogP contribution in [0.2, 0.25) is 0 Å². The Hall–Kier alpha value is -2.89. The van der Waals surface area contributed by atoms with Crippen LogP contribution in [0.25, 0.3) is 0 Å². The number of hydrogen-bond donors (Lipinski definition) is 2. The van der Waals surface area contributed by atoms with E-state index in [1.807, 2.05) is 0 Å². The van der Waals surface area contributed by atoms with Crippen LogP contribution in [0.15, 0.2) is 48.8 Å². The Kier molecular flexibility index (Phi) is 4.28. The maximum Gasteiger partial charge on any atom is 0.337 e. The zero-order valence-electron chi connectivity index (χ0n) is 10.8. The standard InChI is InChI=1S/C14H13N3O3/c1-20-13(18)10-4-2-5-11(8-10)16-14(19)17-12-6-3-7-15-9-12/h2-9H,1H3,(H2,16,17,19). The lowest BCUT2D eigenvalue weighted by molar-refractivity contribution is 0.0600. The number of anilines is 2. The van der Waals surface area contributed by atoms with Gasteiger partial charge in [-0.1, -0.05) is 6.07 Å². The molecule has 0 aliphatic rings. The van der Waals surface area contributed by atoms with Gasteiger partial charge in [-0.3, -0.25) is 4.98 Å². The van der Waals surface area contributed by atoms with E-state index in [4.69, 9.17) is 0 Å². The molecule has 0 atom stereocenters. The highest BCUT2D eigenvalue weighted by Gasteiger charge is 2.07. The second-order valence-corrected chi connectivity index (χ2v) is 3.89. The van der Waals surface area contributed by atoms with Crippen LogP contribution < -0.4 is 10.6 Å². The number of ether oxygens (including phenoxy) is 1. The molecule has 0 saturated heterocycles. The molecule has 2 amide bonds. The number of urea groups is 1. The van der Waals surface area contributed by atoms with E-state index in [1.54, 1.807) is 36.5 Å². The van der Waals surface area contributed by atoms with Crippen molar-refractivity contribution >= 4 is 23.4 Å². The first-order chi connectivity index (χ1) is 9.69. The van der Waals surface area contributed by atoms with Gasteiger partial charge in [0.25, 0.3) is 0 Å². The first-order valence-corrected chi connectivity index (χ1v) is 5.85. The van der Waals surface area contributed by atoms with Crippen LogP contribution in [0.5, 0.6) is 0 Å². The summed E-state index contributed by atoms with van der Waals surface area (Å²) in [6.07, 6.45) is 3.15. The molecule has 0 fully saturated rings. The normalized spacial score (nSPS) is 9.65. The molecular weight excluding hydrogens is 258 g/mol. The van der Waals surface area contributed by atoms with E-state index in [2.05, 4.69) is 20.4 Å². The maximum absolute atomic E-state index is 11.8. The highest BCUT2D eigenvalue weighted by molar-refractivity contribution is 6.00. The molecule has 0 unspecified atom stereocenters. The molecule has 2 rings (SSSR count). The average Bonchev–Trinajstić information content (AvgIpc) is 2.47. The molecule has 20 heavy (non-hydrogen) atoms. The largest absolute Gasteiger partial charge is 0.465 e. The van der Waals surface area contributed by atoms with E-state index in [0.29, 0.717) is 16.9 Å². The summed E-state index contributed by atoms with van der Waals surface area (Å²) in [5.74, 6) is -0.457. The van der Waals surface area contributed by atoms with Crippen molar-refractivity contribution in [3.05, 3.63) is 54.4 Å². The Morgan fingerprint density at radius 2 is 1.85 bits per heavy atom. The number of carbonyl (C=O) groups is 2. The zero-order valence-corrected chi connectivity index (χ0v) is 10.8. The van der Waals surface area contributed by atoms with Gasteiger partial charge in [0.1, 0.15) is 0 Å². The third-order valence-electron chi connectivity index (χ3n) is 2.46. The highest BCUT2D eigenvalue weighted by atomic mass is 16.5. The average molecular weight is 271 g/mol. The van der Waals surface area contributed by atoms with Gasteiger partial charge in [0.05, 0.1) is 24.6 Å². The van der Waals surface area contributed by atoms with E-state index in [-0.39, 0.29) is 0 Å². The SMILES string of the molecule is COC(=O)c1cccc(NC(=O)Nc2cccnc2)c1. The summed E-state index contributed by atoms with van der Waals surface area (Å²) >= 11 is 0. The lowest BCUT2D eigenvalue weighted by Crippen LogP contribution is -2.19. The fourth-order valence-corrected chi connectivity index (χ4v) is 1.57. The third kappa shape index (κ3) is 3.55. The number of amides is 2. The molecular formula is C14H13N3O3. The Morgan fingerprint density at radius 1 is 1.10 bits per heavy atom. The molecule has 1 aromatic carbocycles. The number of hydrogen-bond acceptors (Lipinski definition) is 4. The summed E-state index contributed by atoms with van der Waals surface area (Å²) in [5.41, 5.74) is 1.44. The van der Waals surface area contributed by atoms with Crippen molar-refractivity contribution in [2.45, 2.75) is 0 Å². The van der Waals surface area contributed by atoms with Gasteiger partial charge in [0.2, 0.25) is 0 Å². The minimum Gasteiger partial charge on any atom is -0.465 e. The van der Waals surface area contributed by atoms with Crippen LogP contribution in [-0.2, 0) is 4.74 Å². The molecule has 2 N–H and O–H groups in total. The minimum atomic E-state index is -0.457. The number of benzene rings is 1. The Bertz CT molecular complexity index is 614. The Morgan fingerprint density at radius 3 is 2.55 bits per heavy atom. The van der Waals surface area contributed by atoms with Crippen LogP contribution in [0.3, 0.4) is 0 Å². The number of aromatic nitrogens is 1. The molecule has 0 spiro atoms. The number of nitrogens with zero attached hydrogens (tertiary/aromatic N) is 1. The van der Waals surface area contributed by atoms with Gasteiger partial charge in [-0.2, -0.15) is 0 Å². The van der Waals surface area contributed by atoms with Crippen LogP contribution in [0.1, 0.15) is 10.4 Å². The van der Waals surface area contributed by atoms with Crippen LogP contribution >= 0.6 is 0 Å². The Balaban J connectivity index is 2.03. The summed E-state index contributed by atoms with van der Waals surface area (Å²) in [7, 11) is 1.30. The van der Waals surface area contributed by atoms with E-state index < -0.39 is 12.0 Å². The van der Waals surface area contributed by atoms with Gasteiger partial charge >= 0.3 is 12.0 Å². The van der Waals surface area contributed by atoms with E-state index >= 15 is 0 Å². The zero-order chi connectivity index (χ0) is 14.4. The van der Waals surface area contributed by atoms with E-state index in [0.717, 1.165) is 0 Å². The van der Waals surface area contributed by atoms with Crippen molar-refractivity contribution < 1.29 is 14.3 Å². The van der Waals surface area contributed by atoms with E-state index in [9.17, 15) is 9.59 Å². The third-order valence-corrected chi connectivity index (χ3v) is 2.46. The quantitative estimate of drug-likeness (QED) is 0.840. The van der Waals surface area contributed by atoms with Gasteiger partial charge in [-0.25, -0.2) is 9.59 Å². The fourth-order valence-electron chi connectivity index (χ4n) is 1.57. The summed E-state index contributed by atoms with van der Waals surface area (Å²) < 4.78 is 4.62. The molecule has 1 heterocycles. The van der Waals surface area contributed by atoms with Crippen LogP contribution in [-0.4, -0.2) is 24.1 Å². The smallest absolute Gasteiger partial charge is 0.337 e. The second-order valence-electron chi connectivity index (χ2n) is 3.89. The van der Waals surface area contributed by atoms with Crippen molar-refractivity contribution in [1.82, 2.24) is 4.98 Å². The molecule has 6 heteroatoms. The monoisotopic (exact) mass is 271 g/mol. The van der Waals surface area contributed by atoms with Crippen molar-refractivity contribution in [3.63, 3.8) is 0 Å². The maximum atomic E-state index is 11.8. The second kappa shape index (κ2) is 6.33. The fraction of sp³-hybridized carbons (Fsp3) is 0.0714. The summed E-state index contributed by atoms with van der Waals surface area (Å²) in [4.78, 5) is 27.0. The molecule has 102 valence electrons. The van der Waals surface area contributed by atoms with Crippen molar-refractivity contribution in [3.8, 4) is 0 Å². The molecule has 0 aliphatic heterocycles. The van der Waals surface area contributed by atoms with E-state index in [1.165, 1.54) is 19.4 Å². The van der Waals surface area contributed by atoms with Gasteiger partial charge in [0, 0.05) is 11.9 Å². The van der Waals surface area contributed by atoms with Crippen molar-refractivity contribution in [1.29, 1.82) is 0 Å². The first-order valence-electron chi connectivity index (χ1n) is 5.85. The predicted molar refractivity (Wildman–Crippen MR) is 74.7 cm³/mol. The minimum absolute atomic E-state index is 0.367. The number of methoxy groups -OCH3 is 1. The topological polar surface area (TPSA) is 80.3 Å². The van der Waals surface area contributed by atoms with Crippen LogP contribution in [0, 0.1) is 0 Å². The molecule has 0 radical (unpaired) electrons. The summed E-state index contributed by atoms with van der Waals surface area (Å²) in [6, 6.07) is 9.50. The molecule has 1 aromatic heterocycles. The van der Waals surface area contributed by atoms with Gasteiger partial charge in [-0.05, 0) is 30.3 Å². The molecule has 0 aliphatic carbocycles. The number of pyridine rings is 1. The first kappa shape index (κ1) is 13.5. The lowest BCUT2D eigenvalue weighted by Gasteiger charge is -2.08. The number of carbonyl (C=O) groups excluding carboxylic acids is 2. The molecule has 0 saturated carbocycles. The van der Waals surface area contributed by atoms with Gasteiger partial charge < -0.3 is 15.4 Å². The van der Waals surface area contributed by atoms with Gasteiger partial charge in [0.15, 0.2) is 0 Å². The van der Waals surface area contributed by atoms with Crippen molar-refractivity contribution in [2.24, 2.45) is 0 Å². The van der Waals surface area contributed by atoms with Crippen LogP contribution in [0.4, 0.5) is 16.2 Å². The molecule has 6 nitrogen and oxygen atoms in total. The number of nitrogens with one attached hydrogen (secondary N) is 2. The number of rotatable bonds is 3.